The van der Waals surface area contributed by atoms with E-state index in [1.165, 1.54) is 24.1 Å². The first-order chi connectivity index (χ1) is 18.0. The number of nitrogens with one attached hydrogen (secondary N) is 1. The molecule has 5 rings (SSSR count). The molecule has 2 atom stereocenters. The minimum Gasteiger partial charge on any atom is -0.373 e. The molecule has 2 fully saturated rings. The molecule has 0 spiro atoms. The lowest BCUT2D eigenvalue weighted by atomic mass is 9.98. The fourth-order valence-electron chi connectivity index (χ4n) is 4.36. The summed E-state index contributed by atoms with van der Waals surface area (Å²) in [4.78, 5) is 40.4. The van der Waals surface area contributed by atoms with Crippen LogP contribution in [0.1, 0.15) is 19.1 Å². The highest BCUT2D eigenvalue weighted by Gasteiger charge is 2.49. The van der Waals surface area contributed by atoms with Crippen molar-refractivity contribution in [1.82, 2.24) is 29.9 Å². The summed E-state index contributed by atoms with van der Waals surface area (Å²) < 4.78 is 43.5. The Morgan fingerprint density at radius 2 is 1.87 bits per heavy atom. The molecule has 200 valence electrons. The van der Waals surface area contributed by atoms with E-state index in [2.05, 4.69) is 25.4 Å². The predicted octanol–water partition coefficient (Wildman–Crippen LogP) is 2.06. The van der Waals surface area contributed by atoms with Crippen LogP contribution in [0.15, 0.2) is 41.1 Å². The lowest BCUT2D eigenvalue weighted by molar-refractivity contribution is -0.209. The zero-order valence-electron chi connectivity index (χ0n) is 20.4. The second-order valence-electron chi connectivity index (χ2n) is 9.43. The number of halogens is 3. The van der Waals surface area contributed by atoms with Gasteiger partial charge in [0.1, 0.15) is 11.7 Å². The largest absolute Gasteiger partial charge is 0.395 e. The monoisotopic (exact) mass is 531 g/mol. The molecule has 0 aliphatic carbocycles. The van der Waals surface area contributed by atoms with Gasteiger partial charge < -0.3 is 24.7 Å². The Balaban J connectivity index is 1.29. The SMILES string of the molecule is CC(Nc1nccc(-c2cccc(-c3cc(C4(O)CCN(C)C4=O)on3)n2)n1)C(=O)N1CC(C(F)(F)F)C1. The Morgan fingerprint density at radius 3 is 2.53 bits per heavy atom. The molecule has 11 nitrogen and oxygen atoms in total. The fourth-order valence-corrected chi connectivity index (χ4v) is 4.36. The first kappa shape index (κ1) is 25.6. The minimum atomic E-state index is -4.32. The van der Waals surface area contributed by atoms with Crippen molar-refractivity contribution in [3.63, 3.8) is 0 Å². The summed E-state index contributed by atoms with van der Waals surface area (Å²) in [6.45, 7) is 1.19. The standard InChI is InChI=1S/C24H24F3N7O4/c1-13(20(35)34-11-14(12-34)24(25,26)27)29-22-28-8-6-17(31-22)15-4-3-5-16(30-15)18-10-19(38-32-18)23(37)7-9-33(2)21(23)36/h3-6,8,10,13-14,37H,7,9,11-12H2,1-2H3,(H,28,29,31). The maximum absolute atomic E-state index is 12.7. The van der Waals surface area contributed by atoms with Crippen LogP contribution in [0.25, 0.3) is 22.8 Å². The molecule has 5 heterocycles. The molecule has 0 radical (unpaired) electrons. The number of pyridine rings is 1. The number of hydrogen-bond acceptors (Lipinski definition) is 9. The third-order valence-electron chi connectivity index (χ3n) is 6.73. The van der Waals surface area contributed by atoms with Crippen molar-refractivity contribution >= 4 is 17.8 Å². The topological polar surface area (TPSA) is 138 Å². The minimum absolute atomic E-state index is 0.0324. The zero-order valence-corrected chi connectivity index (χ0v) is 20.4. The number of alkyl halides is 3. The van der Waals surface area contributed by atoms with Gasteiger partial charge in [-0.25, -0.2) is 15.0 Å². The Bertz CT molecular complexity index is 1370. The van der Waals surface area contributed by atoms with Crippen molar-refractivity contribution in [1.29, 1.82) is 0 Å². The van der Waals surface area contributed by atoms with Crippen molar-refractivity contribution in [3.8, 4) is 22.8 Å². The molecule has 2 aliphatic heterocycles. The van der Waals surface area contributed by atoms with E-state index in [1.54, 1.807) is 31.3 Å². The number of amides is 2. The molecule has 0 saturated carbocycles. The van der Waals surface area contributed by atoms with Crippen LogP contribution in [0, 0.1) is 5.92 Å². The number of aromatic nitrogens is 4. The van der Waals surface area contributed by atoms with Crippen molar-refractivity contribution < 1.29 is 32.4 Å². The highest BCUT2D eigenvalue weighted by atomic mass is 19.4. The van der Waals surface area contributed by atoms with E-state index in [4.69, 9.17) is 4.52 Å². The van der Waals surface area contributed by atoms with Gasteiger partial charge in [0.25, 0.3) is 5.91 Å². The van der Waals surface area contributed by atoms with E-state index in [9.17, 15) is 27.9 Å². The smallest absolute Gasteiger partial charge is 0.373 e. The number of carbonyl (C=O) groups is 2. The molecular formula is C24H24F3N7O4. The first-order valence-electron chi connectivity index (χ1n) is 11.8. The molecular weight excluding hydrogens is 507 g/mol. The van der Waals surface area contributed by atoms with Gasteiger partial charge in [0.15, 0.2) is 5.76 Å². The molecule has 38 heavy (non-hydrogen) atoms. The Labute approximate surface area is 214 Å². The Morgan fingerprint density at radius 1 is 1.18 bits per heavy atom. The van der Waals surface area contributed by atoms with Crippen LogP contribution in [-0.4, -0.2) is 85.7 Å². The van der Waals surface area contributed by atoms with E-state index in [0.29, 0.717) is 29.3 Å². The van der Waals surface area contributed by atoms with Crippen LogP contribution in [0.3, 0.4) is 0 Å². The van der Waals surface area contributed by atoms with Crippen LogP contribution in [0.5, 0.6) is 0 Å². The Kier molecular flexibility index (Phi) is 6.29. The fraction of sp³-hybridized carbons (Fsp3) is 0.417. The predicted molar refractivity (Wildman–Crippen MR) is 126 cm³/mol. The molecule has 2 N–H and O–H groups in total. The highest BCUT2D eigenvalue weighted by Crippen LogP contribution is 2.35. The van der Waals surface area contributed by atoms with E-state index in [-0.39, 0.29) is 31.2 Å². The zero-order chi connectivity index (χ0) is 27.2. The molecule has 2 amide bonds. The third-order valence-corrected chi connectivity index (χ3v) is 6.73. The summed E-state index contributed by atoms with van der Waals surface area (Å²) in [6, 6.07) is 7.35. The van der Waals surface area contributed by atoms with Crippen molar-refractivity contribution in [2.24, 2.45) is 5.92 Å². The van der Waals surface area contributed by atoms with Gasteiger partial charge >= 0.3 is 6.18 Å². The van der Waals surface area contributed by atoms with Crippen LogP contribution >= 0.6 is 0 Å². The van der Waals surface area contributed by atoms with Crippen molar-refractivity contribution in [3.05, 3.63) is 42.3 Å². The van der Waals surface area contributed by atoms with Crippen LogP contribution in [0.2, 0.25) is 0 Å². The molecule has 3 aromatic rings. The normalized spacial score (nSPS) is 20.9. The van der Waals surface area contributed by atoms with Gasteiger partial charge in [0.05, 0.1) is 23.0 Å². The second kappa shape index (κ2) is 9.35. The third kappa shape index (κ3) is 4.66. The number of aliphatic hydroxyl groups is 1. The second-order valence-corrected chi connectivity index (χ2v) is 9.43. The van der Waals surface area contributed by atoms with E-state index < -0.39 is 35.6 Å². The van der Waals surface area contributed by atoms with Gasteiger partial charge in [-0.05, 0) is 25.1 Å². The highest BCUT2D eigenvalue weighted by molar-refractivity contribution is 5.87. The van der Waals surface area contributed by atoms with Crippen LogP contribution < -0.4 is 5.32 Å². The number of nitrogens with zero attached hydrogens (tertiary/aromatic N) is 6. The molecule has 14 heteroatoms. The number of likely N-dealkylation sites (N-methyl/N-ethyl adjacent to an activating group) is 1. The van der Waals surface area contributed by atoms with Gasteiger partial charge in [0.2, 0.25) is 17.5 Å². The summed E-state index contributed by atoms with van der Waals surface area (Å²) in [6.07, 6.45) is -2.67. The van der Waals surface area contributed by atoms with Gasteiger partial charge in [-0.2, -0.15) is 13.2 Å². The van der Waals surface area contributed by atoms with E-state index in [1.807, 2.05) is 0 Å². The molecule has 2 aliphatic rings. The van der Waals surface area contributed by atoms with Gasteiger partial charge in [0, 0.05) is 45.4 Å². The average Bonchev–Trinajstić information content (AvgIpc) is 3.45. The van der Waals surface area contributed by atoms with Gasteiger partial charge in [-0.15, -0.1) is 0 Å². The lowest BCUT2D eigenvalue weighted by Crippen LogP contribution is -2.58. The number of anilines is 1. The maximum Gasteiger partial charge on any atom is 0.395 e. The van der Waals surface area contributed by atoms with E-state index in [0.717, 1.165) is 4.90 Å². The summed E-state index contributed by atoms with van der Waals surface area (Å²) in [5.41, 5.74) is -0.185. The molecule has 0 aromatic carbocycles. The van der Waals surface area contributed by atoms with Gasteiger partial charge in [-0.1, -0.05) is 11.2 Å². The maximum atomic E-state index is 12.7. The summed E-state index contributed by atoms with van der Waals surface area (Å²) >= 11 is 0. The number of rotatable bonds is 6. The lowest BCUT2D eigenvalue weighted by Gasteiger charge is -2.41. The van der Waals surface area contributed by atoms with Gasteiger partial charge in [-0.3, -0.25) is 9.59 Å². The summed E-state index contributed by atoms with van der Waals surface area (Å²) in [5.74, 6) is -2.30. The Hall–Kier alpha value is -4.07. The molecule has 2 unspecified atom stereocenters. The molecule has 2 saturated heterocycles. The molecule has 3 aromatic heterocycles. The number of carbonyl (C=O) groups excluding carboxylic acids is 2. The van der Waals surface area contributed by atoms with Crippen molar-refractivity contribution in [2.75, 3.05) is 32.0 Å². The quantitative estimate of drug-likeness (QED) is 0.490. The summed E-state index contributed by atoms with van der Waals surface area (Å²) in [7, 11) is 1.60. The van der Waals surface area contributed by atoms with Crippen LogP contribution in [-0.2, 0) is 15.2 Å². The number of likely N-dealkylation sites (tertiary alicyclic amines) is 2. The van der Waals surface area contributed by atoms with Crippen LogP contribution in [0.4, 0.5) is 19.1 Å². The van der Waals surface area contributed by atoms with Crippen molar-refractivity contribution in [2.45, 2.75) is 31.2 Å². The first-order valence-corrected chi connectivity index (χ1v) is 11.8. The molecule has 0 bridgehead atoms. The summed E-state index contributed by atoms with van der Waals surface area (Å²) in [5, 5.41) is 17.6. The average molecular weight is 531 g/mol. The number of hydrogen-bond donors (Lipinski definition) is 2. The van der Waals surface area contributed by atoms with E-state index >= 15 is 0 Å².